The molecule has 0 radical (unpaired) electrons. The lowest BCUT2D eigenvalue weighted by Gasteiger charge is -2.30. The molecule has 1 heterocycles. The summed E-state index contributed by atoms with van der Waals surface area (Å²) in [6.45, 7) is 4.81. The fraction of sp³-hybridized carbons (Fsp3) is 0.800. The van der Waals surface area contributed by atoms with Gasteiger partial charge in [-0.3, -0.25) is 9.59 Å². The summed E-state index contributed by atoms with van der Waals surface area (Å²) >= 11 is 3.04. The molecule has 0 aliphatic carbocycles. The van der Waals surface area contributed by atoms with Crippen LogP contribution in [0.3, 0.4) is 0 Å². The Balaban J connectivity index is 2.33. The Kier molecular flexibility index (Phi) is 5.15. The third kappa shape index (κ3) is 4.08. The highest BCUT2D eigenvalue weighted by Gasteiger charge is 2.35. The molecule has 98 valence electrons. The van der Waals surface area contributed by atoms with Gasteiger partial charge in [0, 0.05) is 18.1 Å². The summed E-state index contributed by atoms with van der Waals surface area (Å²) in [6, 6.07) is -0.895. The van der Waals surface area contributed by atoms with Crippen molar-refractivity contribution >= 4 is 35.4 Å². The van der Waals surface area contributed by atoms with E-state index in [1.54, 1.807) is 11.8 Å². The van der Waals surface area contributed by atoms with E-state index in [4.69, 9.17) is 10.8 Å². The van der Waals surface area contributed by atoms with Crippen LogP contribution in [-0.4, -0.2) is 56.6 Å². The molecule has 7 heteroatoms. The molecule has 0 aromatic rings. The van der Waals surface area contributed by atoms with Crippen LogP contribution in [0, 0.1) is 0 Å². The van der Waals surface area contributed by atoms with Crippen molar-refractivity contribution in [1.82, 2.24) is 4.90 Å². The highest BCUT2D eigenvalue weighted by Crippen LogP contribution is 2.34. The standard InChI is InChI=1S/C10H18N2O3S2/c1-10(2)12(3-4-17-10)8(13)6-16-5-7(11)9(14)15/h7H,3-6,11H2,1-2H3,(H,14,15). The maximum atomic E-state index is 11.9. The highest BCUT2D eigenvalue weighted by atomic mass is 32.2. The topological polar surface area (TPSA) is 83.6 Å². The van der Waals surface area contributed by atoms with Crippen LogP contribution in [0.15, 0.2) is 0 Å². The normalized spacial score (nSPS) is 20.3. The van der Waals surface area contributed by atoms with Crippen molar-refractivity contribution in [3.63, 3.8) is 0 Å². The molecular formula is C10H18N2O3S2. The summed E-state index contributed by atoms with van der Waals surface area (Å²) in [6.07, 6.45) is 0. The molecule has 1 atom stereocenters. The van der Waals surface area contributed by atoms with Crippen molar-refractivity contribution in [1.29, 1.82) is 0 Å². The Morgan fingerprint density at radius 2 is 2.24 bits per heavy atom. The summed E-state index contributed by atoms with van der Waals surface area (Å²) in [5.41, 5.74) is 5.36. The molecule has 1 aliphatic rings. The first kappa shape index (κ1) is 14.7. The number of rotatable bonds is 5. The van der Waals surface area contributed by atoms with E-state index in [1.165, 1.54) is 11.8 Å². The number of nitrogens with two attached hydrogens (primary N) is 1. The maximum absolute atomic E-state index is 11.9. The molecule has 0 aromatic carbocycles. The first-order valence-corrected chi connectivity index (χ1v) is 7.49. The van der Waals surface area contributed by atoms with E-state index >= 15 is 0 Å². The van der Waals surface area contributed by atoms with Crippen molar-refractivity contribution in [2.75, 3.05) is 23.8 Å². The van der Waals surface area contributed by atoms with Crippen LogP contribution in [-0.2, 0) is 9.59 Å². The Hall–Kier alpha value is -0.400. The quantitative estimate of drug-likeness (QED) is 0.759. The van der Waals surface area contributed by atoms with E-state index in [0.29, 0.717) is 5.75 Å². The minimum Gasteiger partial charge on any atom is -0.480 e. The number of thioether (sulfide) groups is 2. The molecule has 17 heavy (non-hydrogen) atoms. The SMILES string of the molecule is CC1(C)SCCN1C(=O)CSCC(N)C(=O)O. The zero-order valence-electron chi connectivity index (χ0n) is 10.0. The molecule has 1 unspecified atom stereocenters. The second-order valence-electron chi connectivity index (χ2n) is 4.30. The number of carbonyl (C=O) groups is 2. The Bertz CT molecular complexity index is 310. The molecule has 1 fully saturated rings. The van der Waals surface area contributed by atoms with Gasteiger partial charge in [-0.25, -0.2) is 0 Å². The lowest BCUT2D eigenvalue weighted by atomic mass is 10.3. The van der Waals surface area contributed by atoms with Crippen molar-refractivity contribution in [3.8, 4) is 0 Å². The monoisotopic (exact) mass is 278 g/mol. The van der Waals surface area contributed by atoms with Gasteiger partial charge in [0.25, 0.3) is 0 Å². The lowest BCUT2D eigenvalue weighted by molar-refractivity contribution is -0.138. The van der Waals surface area contributed by atoms with Crippen molar-refractivity contribution in [3.05, 3.63) is 0 Å². The van der Waals surface area contributed by atoms with Gasteiger partial charge < -0.3 is 15.7 Å². The fourth-order valence-corrected chi connectivity index (χ4v) is 3.55. The van der Waals surface area contributed by atoms with E-state index < -0.39 is 12.0 Å². The van der Waals surface area contributed by atoms with Crippen molar-refractivity contribution < 1.29 is 14.7 Å². The van der Waals surface area contributed by atoms with E-state index in [2.05, 4.69) is 0 Å². The van der Waals surface area contributed by atoms with Gasteiger partial charge in [-0.15, -0.1) is 23.5 Å². The first-order chi connectivity index (χ1) is 7.84. The molecule has 0 aromatic heterocycles. The fourth-order valence-electron chi connectivity index (χ4n) is 1.58. The van der Waals surface area contributed by atoms with Crippen LogP contribution in [0.4, 0.5) is 0 Å². The van der Waals surface area contributed by atoms with Gasteiger partial charge in [0.1, 0.15) is 6.04 Å². The van der Waals surface area contributed by atoms with Gasteiger partial charge in [-0.2, -0.15) is 0 Å². The van der Waals surface area contributed by atoms with Gasteiger partial charge in [-0.05, 0) is 13.8 Å². The number of hydrogen-bond acceptors (Lipinski definition) is 5. The summed E-state index contributed by atoms with van der Waals surface area (Å²) in [4.78, 5) is 24.1. The van der Waals surface area contributed by atoms with Crippen LogP contribution >= 0.6 is 23.5 Å². The zero-order chi connectivity index (χ0) is 13.1. The van der Waals surface area contributed by atoms with Gasteiger partial charge in [0.05, 0.1) is 10.6 Å². The third-order valence-electron chi connectivity index (χ3n) is 2.56. The predicted molar refractivity (Wildman–Crippen MR) is 71.2 cm³/mol. The van der Waals surface area contributed by atoms with Crippen LogP contribution in [0.2, 0.25) is 0 Å². The number of carboxylic acids is 1. The molecule has 0 saturated carbocycles. The molecule has 1 aliphatic heterocycles. The first-order valence-electron chi connectivity index (χ1n) is 5.35. The third-order valence-corrected chi connectivity index (χ3v) is 4.92. The minimum atomic E-state index is -1.03. The van der Waals surface area contributed by atoms with E-state index in [0.717, 1.165) is 12.3 Å². The molecule has 0 spiro atoms. The van der Waals surface area contributed by atoms with Crippen LogP contribution in [0.25, 0.3) is 0 Å². The Morgan fingerprint density at radius 1 is 1.59 bits per heavy atom. The largest absolute Gasteiger partial charge is 0.480 e. The molecule has 1 saturated heterocycles. The smallest absolute Gasteiger partial charge is 0.321 e. The molecule has 1 amide bonds. The van der Waals surface area contributed by atoms with Gasteiger partial charge in [0.15, 0.2) is 0 Å². The van der Waals surface area contributed by atoms with Crippen LogP contribution < -0.4 is 5.73 Å². The summed E-state index contributed by atoms with van der Waals surface area (Å²) in [7, 11) is 0. The van der Waals surface area contributed by atoms with Crippen LogP contribution in [0.5, 0.6) is 0 Å². The number of hydrogen-bond donors (Lipinski definition) is 2. The summed E-state index contributed by atoms with van der Waals surface area (Å²) in [5.74, 6) is 0.551. The van der Waals surface area contributed by atoms with E-state index in [1.807, 2.05) is 18.7 Å². The molecular weight excluding hydrogens is 260 g/mol. The number of carbonyl (C=O) groups excluding carboxylic acids is 1. The molecule has 5 nitrogen and oxygen atoms in total. The van der Waals surface area contributed by atoms with Crippen molar-refractivity contribution in [2.24, 2.45) is 5.73 Å². The van der Waals surface area contributed by atoms with E-state index in [9.17, 15) is 9.59 Å². The number of carboxylic acid groups (broad SMARTS) is 1. The number of aliphatic carboxylic acids is 1. The Morgan fingerprint density at radius 3 is 2.71 bits per heavy atom. The lowest BCUT2D eigenvalue weighted by Crippen LogP contribution is -2.42. The average Bonchev–Trinajstić information content (AvgIpc) is 2.57. The van der Waals surface area contributed by atoms with Crippen molar-refractivity contribution in [2.45, 2.75) is 24.8 Å². The summed E-state index contributed by atoms with van der Waals surface area (Å²) < 4.78 is 0. The van der Waals surface area contributed by atoms with Gasteiger partial charge in [0.2, 0.25) is 5.91 Å². The maximum Gasteiger partial charge on any atom is 0.321 e. The van der Waals surface area contributed by atoms with Crippen LogP contribution in [0.1, 0.15) is 13.8 Å². The molecule has 1 rings (SSSR count). The van der Waals surface area contributed by atoms with E-state index in [-0.39, 0.29) is 16.5 Å². The molecule has 0 bridgehead atoms. The number of amides is 1. The molecule has 3 N–H and O–H groups in total. The second kappa shape index (κ2) is 5.97. The number of nitrogens with zero attached hydrogens (tertiary/aromatic N) is 1. The highest BCUT2D eigenvalue weighted by molar-refractivity contribution is 8.01. The van der Waals surface area contributed by atoms with Gasteiger partial charge in [-0.1, -0.05) is 0 Å². The average molecular weight is 278 g/mol. The summed E-state index contributed by atoms with van der Waals surface area (Å²) in [5, 5.41) is 8.60. The minimum absolute atomic E-state index is 0.0580. The Labute approximate surface area is 109 Å². The van der Waals surface area contributed by atoms with Gasteiger partial charge >= 0.3 is 5.97 Å². The second-order valence-corrected chi connectivity index (χ2v) is 7.03. The predicted octanol–water partition coefficient (Wildman–Crippen LogP) is 0.443. The zero-order valence-corrected chi connectivity index (χ0v) is 11.6.